The van der Waals surface area contributed by atoms with Crippen LogP contribution in [-0.2, 0) is 16.1 Å². The van der Waals surface area contributed by atoms with Crippen LogP contribution in [0.1, 0.15) is 87.8 Å². The molecule has 0 aromatic carbocycles. The van der Waals surface area contributed by atoms with Gasteiger partial charge in [0, 0.05) is 63.9 Å². The molecule has 2 aliphatic heterocycles. The molecular weight excluding hydrogens is 638 g/mol. The summed E-state index contributed by atoms with van der Waals surface area (Å²) >= 11 is 0. The van der Waals surface area contributed by atoms with Gasteiger partial charge >= 0.3 is 6.09 Å². The smallest absolute Gasteiger partial charge is 0.407 e. The molecular formula is C33H48F2N10O4. The van der Waals surface area contributed by atoms with E-state index >= 15 is 0 Å². The van der Waals surface area contributed by atoms with Crippen molar-refractivity contribution in [3.05, 3.63) is 35.5 Å². The Balaban J connectivity index is 0.000000256. The van der Waals surface area contributed by atoms with Crippen molar-refractivity contribution in [1.82, 2.24) is 44.9 Å². The number of imidazole rings is 1. The number of anilines is 1. The summed E-state index contributed by atoms with van der Waals surface area (Å²) in [7, 11) is 0. The third-order valence-corrected chi connectivity index (χ3v) is 9.79. The summed E-state index contributed by atoms with van der Waals surface area (Å²) in [6, 6.07) is 1.45. The van der Waals surface area contributed by atoms with Crippen molar-refractivity contribution in [2.24, 2.45) is 11.8 Å². The Labute approximate surface area is 284 Å². The van der Waals surface area contributed by atoms with Crippen molar-refractivity contribution in [3.63, 3.8) is 0 Å². The molecule has 2 atom stereocenters. The second kappa shape index (κ2) is 15.9. The van der Waals surface area contributed by atoms with Crippen LogP contribution in [0.2, 0.25) is 0 Å². The lowest BCUT2D eigenvalue weighted by Crippen LogP contribution is -2.56. The SMILES string of the molecule is CCn1nccc1C.Cc1nn2cc(C(NC=O)C3CCC(F)(F)CC3)nc2nc1N1CCN(C(=O)O)C(C2CC2)C1.O=C1CCCCN1. The monoisotopic (exact) mass is 686 g/mol. The molecule has 0 radical (unpaired) electrons. The van der Waals surface area contributed by atoms with Crippen molar-refractivity contribution in [2.45, 2.75) is 103 Å². The zero-order chi connectivity index (χ0) is 35.1. The minimum Gasteiger partial charge on any atom is -0.465 e. The van der Waals surface area contributed by atoms with E-state index in [0.717, 1.165) is 45.2 Å². The second-order valence-corrected chi connectivity index (χ2v) is 13.3. The van der Waals surface area contributed by atoms with Crippen molar-refractivity contribution >= 4 is 30.0 Å². The van der Waals surface area contributed by atoms with Crippen LogP contribution in [0.25, 0.3) is 5.78 Å². The van der Waals surface area contributed by atoms with Crippen LogP contribution in [-0.4, -0.2) is 95.9 Å². The van der Waals surface area contributed by atoms with Gasteiger partial charge < -0.3 is 25.5 Å². The van der Waals surface area contributed by atoms with E-state index in [4.69, 9.17) is 4.98 Å². The second-order valence-electron chi connectivity index (χ2n) is 13.3. The molecule has 0 spiro atoms. The summed E-state index contributed by atoms with van der Waals surface area (Å²) in [6.07, 6.45) is 8.45. The highest BCUT2D eigenvalue weighted by atomic mass is 19.3. The van der Waals surface area contributed by atoms with E-state index in [2.05, 4.69) is 44.6 Å². The van der Waals surface area contributed by atoms with Gasteiger partial charge in [-0.25, -0.2) is 23.1 Å². The zero-order valence-electron chi connectivity index (χ0n) is 28.5. The van der Waals surface area contributed by atoms with Crippen molar-refractivity contribution in [3.8, 4) is 0 Å². The molecule has 2 saturated carbocycles. The minimum atomic E-state index is -2.65. The predicted octanol–water partition coefficient (Wildman–Crippen LogP) is 4.12. The molecule has 14 nitrogen and oxygen atoms in total. The molecule has 0 bridgehead atoms. The van der Waals surface area contributed by atoms with E-state index in [-0.39, 0.29) is 30.7 Å². The quantitative estimate of drug-likeness (QED) is 0.311. The molecule has 268 valence electrons. The van der Waals surface area contributed by atoms with Gasteiger partial charge in [0.25, 0.3) is 5.78 Å². The summed E-state index contributed by atoms with van der Waals surface area (Å²) in [6.45, 7) is 9.32. The number of carboxylic acid groups (broad SMARTS) is 1. The van der Waals surface area contributed by atoms with Gasteiger partial charge in [-0.2, -0.15) is 15.2 Å². The van der Waals surface area contributed by atoms with E-state index in [1.54, 1.807) is 10.7 Å². The van der Waals surface area contributed by atoms with Crippen molar-refractivity contribution in [2.75, 3.05) is 31.1 Å². The van der Waals surface area contributed by atoms with Crippen LogP contribution in [0.15, 0.2) is 18.5 Å². The van der Waals surface area contributed by atoms with E-state index in [0.29, 0.717) is 67.8 Å². The maximum atomic E-state index is 13.6. The summed E-state index contributed by atoms with van der Waals surface area (Å²) in [4.78, 5) is 46.2. The topological polar surface area (TPSA) is 163 Å². The Kier molecular flexibility index (Phi) is 11.7. The molecule has 3 aromatic rings. The Morgan fingerprint density at radius 1 is 1.16 bits per heavy atom. The van der Waals surface area contributed by atoms with Gasteiger partial charge in [0.15, 0.2) is 5.82 Å². The first kappa shape index (κ1) is 35.9. The van der Waals surface area contributed by atoms with Crippen LogP contribution in [0.4, 0.5) is 19.4 Å². The molecule has 7 rings (SSSR count). The molecule has 2 unspecified atom stereocenters. The number of hydrogen-bond acceptors (Lipinski definition) is 8. The van der Waals surface area contributed by atoms with E-state index in [1.807, 2.05) is 23.9 Å². The third kappa shape index (κ3) is 9.21. The highest BCUT2D eigenvalue weighted by Crippen LogP contribution is 2.41. The van der Waals surface area contributed by atoms with Crippen molar-refractivity contribution < 1.29 is 28.3 Å². The maximum Gasteiger partial charge on any atom is 0.407 e. The fourth-order valence-corrected chi connectivity index (χ4v) is 6.87. The summed E-state index contributed by atoms with van der Waals surface area (Å²) in [5, 5.41) is 23.7. The number of piperazine rings is 1. The largest absolute Gasteiger partial charge is 0.465 e. The third-order valence-electron chi connectivity index (χ3n) is 9.79. The molecule has 49 heavy (non-hydrogen) atoms. The highest BCUT2D eigenvalue weighted by molar-refractivity contribution is 5.76. The number of hydrogen-bond donors (Lipinski definition) is 3. The van der Waals surface area contributed by atoms with E-state index in [1.165, 1.54) is 10.6 Å². The maximum absolute atomic E-state index is 13.6. The van der Waals surface area contributed by atoms with E-state index in [9.17, 15) is 28.3 Å². The molecule has 2 saturated heterocycles. The predicted molar refractivity (Wildman–Crippen MR) is 177 cm³/mol. The number of rotatable bonds is 7. The van der Waals surface area contributed by atoms with Crippen LogP contribution >= 0.6 is 0 Å². The lowest BCUT2D eigenvalue weighted by atomic mass is 9.81. The van der Waals surface area contributed by atoms with Gasteiger partial charge in [-0.3, -0.25) is 14.3 Å². The Hall–Kier alpha value is -4.37. The lowest BCUT2D eigenvalue weighted by molar-refractivity contribution is -0.122. The molecule has 3 amide bonds. The number of carbonyl (C=O) groups is 3. The number of carbonyl (C=O) groups excluding carboxylic acids is 2. The summed E-state index contributed by atoms with van der Waals surface area (Å²) in [5.41, 5.74) is 2.46. The molecule has 3 aromatic heterocycles. The normalized spacial score (nSPS) is 21.5. The number of nitrogens with one attached hydrogen (secondary N) is 2. The van der Waals surface area contributed by atoms with Gasteiger partial charge in [0.2, 0.25) is 18.2 Å². The van der Waals surface area contributed by atoms with Crippen LogP contribution in [0, 0.1) is 25.7 Å². The molecule has 3 N–H and O–H groups in total. The number of nitrogens with zero attached hydrogens (tertiary/aromatic N) is 8. The standard InChI is InChI=1S/C22H29F2N7O3.C6H10N2.C5H9NO/c1-13-19(29-8-9-30(21(33)34)17(11-29)14-2-3-14)27-20-26-16(10-31(20)28-13)18(25-12-32)15-4-6-22(23,24)7-5-15;1-3-8-6(2)4-5-7-8;7-5-3-1-2-4-6-5/h10,12,14-15,17-18H,2-9,11H2,1H3,(H,25,32)(H,33,34);4-5H,3H2,1-2H3;1-4H2,(H,6,7). The fraction of sp³-hybridized carbons (Fsp3) is 0.667. The average Bonchev–Trinajstić information content (AvgIpc) is 3.72. The van der Waals surface area contributed by atoms with Gasteiger partial charge in [-0.15, -0.1) is 0 Å². The Bertz CT molecular complexity index is 1570. The van der Waals surface area contributed by atoms with Crippen LogP contribution < -0.4 is 15.5 Å². The Morgan fingerprint density at radius 3 is 2.45 bits per heavy atom. The van der Waals surface area contributed by atoms with Gasteiger partial charge in [0.05, 0.1) is 24.0 Å². The lowest BCUT2D eigenvalue weighted by Gasteiger charge is -2.41. The molecule has 2 aliphatic carbocycles. The van der Waals surface area contributed by atoms with E-state index < -0.39 is 18.1 Å². The van der Waals surface area contributed by atoms with Gasteiger partial charge in [-0.1, -0.05) is 0 Å². The molecule has 4 fully saturated rings. The molecule has 5 heterocycles. The minimum absolute atomic E-state index is 0.0652. The number of aromatic nitrogens is 6. The average molecular weight is 687 g/mol. The molecule has 4 aliphatic rings. The van der Waals surface area contributed by atoms with Crippen molar-refractivity contribution in [1.29, 1.82) is 0 Å². The van der Waals surface area contributed by atoms with Crippen LogP contribution in [0.3, 0.4) is 0 Å². The zero-order valence-corrected chi connectivity index (χ0v) is 28.5. The van der Waals surface area contributed by atoms with Gasteiger partial charge in [-0.05, 0) is 77.2 Å². The Morgan fingerprint density at radius 2 is 1.92 bits per heavy atom. The number of aryl methyl sites for hydroxylation is 3. The number of halogens is 2. The number of alkyl halides is 2. The summed E-state index contributed by atoms with van der Waals surface area (Å²) in [5.74, 6) is -1.17. The van der Waals surface area contributed by atoms with Gasteiger partial charge in [0.1, 0.15) is 5.69 Å². The summed E-state index contributed by atoms with van der Waals surface area (Å²) < 4.78 is 30.8. The number of amides is 3. The first-order chi connectivity index (χ1) is 23.5. The van der Waals surface area contributed by atoms with Crippen LogP contribution in [0.5, 0.6) is 0 Å². The number of fused-ring (bicyclic) bond motifs is 1. The molecule has 16 heteroatoms. The first-order valence-electron chi connectivity index (χ1n) is 17.3. The fourth-order valence-electron chi connectivity index (χ4n) is 6.87. The first-order valence-corrected chi connectivity index (χ1v) is 17.3. The highest BCUT2D eigenvalue weighted by Gasteiger charge is 2.42. The number of piperidine rings is 1.